The molecular weight excluding hydrogens is 244 g/mol. The Hall–Kier alpha value is -2.49. The molecule has 0 aliphatic rings. The van der Waals surface area contributed by atoms with Crippen molar-refractivity contribution in [3.05, 3.63) is 29.8 Å². The molecule has 0 radical (unpaired) electrons. The number of anilines is 1. The van der Waals surface area contributed by atoms with Crippen molar-refractivity contribution in [2.45, 2.75) is 6.92 Å². The number of carbonyl (C=O) groups is 1. The van der Waals surface area contributed by atoms with Crippen LogP contribution in [-0.2, 0) is 9.53 Å². The number of nitrogens with one attached hydrogen (secondary N) is 1. The summed E-state index contributed by atoms with van der Waals surface area (Å²) < 4.78 is 30.9. The lowest BCUT2D eigenvalue weighted by atomic mass is 10.3. The fraction of sp³-hybridized carbons (Fsp3) is 0.182. The van der Waals surface area contributed by atoms with Gasteiger partial charge in [0.1, 0.15) is 11.8 Å². The maximum Gasteiger partial charge on any atom is 0.369 e. The summed E-state index contributed by atoms with van der Waals surface area (Å²) in [6.07, 6.45) is 0. The summed E-state index contributed by atoms with van der Waals surface area (Å²) in [5, 5.41) is 11.9. The molecule has 1 aromatic carbocycles. The summed E-state index contributed by atoms with van der Waals surface area (Å²) in [7, 11) is 0. The zero-order valence-electron chi connectivity index (χ0n) is 9.41. The first-order valence-electron chi connectivity index (χ1n) is 4.95. The molecule has 18 heavy (non-hydrogen) atoms. The third kappa shape index (κ3) is 3.25. The van der Waals surface area contributed by atoms with Gasteiger partial charge < -0.3 is 4.74 Å². The van der Waals surface area contributed by atoms with Crippen LogP contribution in [0.3, 0.4) is 0 Å². The Kier molecular flexibility index (Phi) is 4.75. The Morgan fingerprint density at radius 1 is 1.50 bits per heavy atom. The van der Waals surface area contributed by atoms with Gasteiger partial charge in [-0.1, -0.05) is 6.07 Å². The van der Waals surface area contributed by atoms with Crippen molar-refractivity contribution in [1.82, 2.24) is 0 Å². The van der Waals surface area contributed by atoms with E-state index in [4.69, 9.17) is 5.26 Å². The topological polar surface area (TPSA) is 74.5 Å². The van der Waals surface area contributed by atoms with Crippen molar-refractivity contribution < 1.29 is 18.3 Å². The van der Waals surface area contributed by atoms with Crippen molar-refractivity contribution in [2.75, 3.05) is 12.0 Å². The van der Waals surface area contributed by atoms with Crippen LogP contribution in [0.15, 0.2) is 23.3 Å². The fourth-order valence-electron chi connectivity index (χ4n) is 1.03. The van der Waals surface area contributed by atoms with E-state index in [1.165, 1.54) is 12.1 Å². The van der Waals surface area contributed by atoms with Gasteiger partial charge in [-0.15, -0.1) is 0 Å². The summed E-state index contributed by atoms with van der Waals surface area (Å²) >= 11 is 0. The molecule has 1 rings (SSSR count). The van der Waals surface area contributed by atoms with Gasteiger partial charge in [-0.2, -0.15) is 10.4 Å². The third-order valence-electron chi connectivity index (χ3n) is 1.82. The zero-order chi connectivity index (χ0) is 13.5. The molecule has 0 aromatic heterocycles. The van der Waals surface area contributed by atoms with E-state index in [9.17, 15) is 13.6 Å². The van der Waals surface area contributed by atoms with Gasteiger partial charge in [-0.05, 0) is 19.1 Å². The van der Waals surface area contributed by atoms with Crippen molar-refractivity contribution >= 4 is 17.4 Å². The minimum absolute atomic E-state index is 0.0631. The Morgan fingerprint density at radius 3 is 2.61 bits per heavy atom. The predicted molar refractivity (Wildman–Crippen MR) is 59.7 cm³/mol. The fourth-order valence-corrected chi connectivity index (χ4v) is 1.03. The number of halogens is 2. The number of esters is 1. The summed E-state index contributed by atoms with van der Waals surface area (Å²) in [4.78, 5) is 11.2. The molecular formula is C11H9F2N3O2. The SMILES string of the molecule is CCOC(=O)/C(C#N)=N/Nc1c(F)cccc1F. The van der Waals surface area contributed by atoms with Crippen LogP contribution in [0.4, 0.5) is 14.5 Å². The van der Waals surface area contributed by atoms with E-state index >= 15 is 0 Å². The molecule has 1 N–H and O–H groups in total. The van der Waals surface area contributed by atoms with Gasteiger partial charge in [0.2, 0.25) is 5.71 Å². The van der Waals surface area contributed by atoms with E-state index in [1.807, 2.05) is 5.43 Å². The molecule has 5 nitrogen and oxygen atoms in total. The Bertz CT molecular complexity index is 503. The largest absolute Gasteiger partial charge is 0.461 e. The lowest BCUT2D eigenvalue weighted by Gasteiger charge is -2.04. The maximum absolute atomic E-state index is 13.2. The number of para-hydroxylation sites is 1. The highest BCUT2D eigenvalue weighted by molar-refractivity contribution is 6.43. The molecule has 0 bridgehead atoms. The number of hydrogen-bond donors (Lipinski definition) is 1. The van der Waals surface area contributed by atoms with E-state index in [1.54, 1.807) is 6.92 Å². The van der Waals surface area contributed by atoms with Crippen LogP contribution < -0.4 is 5.43 Å². The molecule has 0 unspecified atom stereocenters. The average molecular weight is 253 g/mol. The van der Waals surface area contributed by atoms with E-state index in [0.717, 1.165) is 12.1 Å². The number of nitriles is 1. The minimum Gasteiger partial charge on any atom is -0.461 e. The highest BCUT2D eigenvalue weighted by Gasteiger charge is 2.13. The number of rotatable bonds is 4. The second kappa shape index (κ2) is 6.30. The van der Waals surface area contributed by atoms with Crippen LogP contribution in [-0.4, -0.2) is 18.3 Å². The summed E-state index contributed by atoms with van der Waals surface area (Å²) in [5.41, 5.74) is 0.814. The summed E-state index contributed by atoms with van der Waals surface area (Å²) in [6.45, 7) is 1.62. The van der Waals surface area contributed by atoms with Gasteiger partial charge in [0, 0.05) is 0 Å². The third-order valence-corrected chi connectivity index (χ3v) is 1.82. The van der Waals surface area contributed by atoms with Crippen molar-refractivity contribution in [1.29, 1.82) is 5.26 Å². The smallest absolute Gasteiger partial charge is 0.369 e. The molecule has 0 spiro atoms. The highest BCUT2D eigenvalue weighted by atomic mass is 19.1. The molecule has 0 heterocycles. The molecule has 94 valence electrons. The molecule has 0 atom stereocenters. The average Bonchev–Trinajstić information content (AvgIpc) is 2.33. The van der Waals surface area contributed by atoms with E-state index in [0.29, 0.717) is 0 Å². The van der Waals surface area contributed by atoms with Gasteiger partial charge in [-0.25, -0.2) is 13.6 Å². The second-order valence-electron chi connectivity index (χ2n) is 3.00. The first-order chi connectivity index (χ1) is 8.60. The van der Waals surface area contributed by atoms with Crippen LogP contribution in [0.5, 0.6) is 0 Å². The maximum atomic E-state index is 13.2. The Balaban J connectivity index is 2.91. The first-order valence-corrected chi connectivity index (χ1v) is 4.95. The van der Waals surface area contributed by atoms with Gasteiger partial charge in [0.05, 0.1) is 6.61 Å². The van der Waals surface area contributed by atoms with Crippen LogP contribution in [0.2, 0.25) is 0 Å². The van der Waals surface area contributed by atoms with Crippen molar-refractivity contribution in [3.63, 3.8) is 0 Å². The standard InChI is InChI=1S/C11H9F2N3O2/c1-2-18-11(17)9(6-14)15-16-10-7(12)4-3-5-8(10)13/h3-5,16H,2H2,1H3/b15-9+. The number of hydrogen-bond acceptors (Lipinski definition) is 5. The minimum atomic E-state index is -0.968. The van der Waals surface area contributed by atoms with Crippen LogP contribution in [0.25, 0.3) is 0 Å². The van der Waals surface area contributed by atoms with Crippen LogP contribution in [0, 0.1) is 23.0 Å². The lowest BCUT2D eigenvalue weighted by Crippen LogP contribution is -2.17. The molecule has 0 aliphatic carbocycles. The van der Waals surface area contributed by atoms with Crippen LogP contribution in [0.1, 0.15) is 6.92 Å². The predicted octanol–water partition coefficient (Wildman–Crippen LogP) is 1.82. The molecule has 0 amide bonds. The van der Waals surface area contributed by atoms with Gasteiger partial charge in [-0.3, -0.25) is 5.43 Å². The molecule has 1 aromatic rings. The van der Waals surface area contributed by atoms with Gasteiger partial charge in [0.15, 0.2) is 11.6 Å². The van der Waals surface area contributed by atoms with Gasteiger partial charge >= 0.3 is 5.97 Å². The number of ether oxygens (including phenoxy) is 1. The highest BCUT2D eigenvalue weighted by Crippen LogP contribution is 2.17. The molecule has 0 fully saturated rings. The van der Waals surface area contributed by atoms with E-state index in [-0.39, 0.29) is 6.61 Å². The number of benzene rings is 1. The second-order valence-corrected chi connectivity index (χ2v) is 3.00. The Morgan fingerprint density at radius 2 is 2.11 bits per heavy atom. The molecule has 0 aliphatic heterocycles. The van der Waals surface area contributed by atoms with Crippen molar-refractivity contribution in [2.24, 2.45) is 5.10 Å². The monoisotopic (exact) mass is 253 g/mol. The van der Waals surface area contributed by atoms with Crippen LogP contribution >= 0.6 is 0 Å². The molecule has 7 heteroatoms. The number of carbonyl (C=O) groups excluding carboxylic acids is 1. The quantitative estimate of drug-likeness (QED) is 0.504. The first kappa shape index (κ1) is 13.6. The normalized spacial score (nSPS) is 10.7. The molecule has 0 saturated heterocycles. The molecule has 0 saturated carbocycles. The number of nitrogens with zero attached hydrogens (tertiary/aromatic N) is 2. The Labute approximate surface area is 102 Å². The summed E-state index contributed by atoms with van der Waals surface area (Å²) in [5.74, 6) is -2.75. The zero-order valence-corrected chi connectivity index (χ0v) is 9.41. The van der Waals surface area contributed by atoms with Gasteiger partial charge in [0.25, 0.3) is 0 Å². The lowest BCUT2D eigenvalue weighted by molar-refractivity contribution is -0.134. The summed E-state index contributed by atoms with van der Waals surface area (Å²) in [6, 6.07) is 4.66. The number of hydrazone groups is 1. The van der Waals surface area contributed by atoms with E-state index < -0.39 is 29.0 Å². The van der Waals surface area contributed by atoms with Crippen molar-refractivity contribution in [3.8, 4) is 6.07 Å². The van der Waals surface area contributed by atoms with E-state index in [2.05, 4.69) is 9.84 Å².